The number of carbonyl (C=O) groups is 1. The minimum Gasteiger partial charge on any atom is -0.334 e. The zero-order valence-corrected chi connectivity index (χ0v) is 14.5. The number of aryl methyl sites for hydroxylation is 1. The Bertz CT molecular complexity index is 855. The number of nitrogens with zero attached hydrogens (tertiary/aromatic N) is 4. The van der Waals surface area contributed by atoms with E-state index in [4.69, 9.17) is 4.98 Å². The Balaban J connectivity index is 1.64. The van der Waals surface area contributed by atoms with Gasteiger partial charge in [-0.15, -0.1) is 11.3 Å². The van der Waals surface area contributed by atoms with Crippen molar-refractivity contribution in [1.29, 1.82) is 0 Å². The van der Waals surface area contributed by atoms with Gasteiger partial charge >= 0.3 is 0 Å². The largest absolute Gasteiger partial charge is 0.334 e. The van der Waals surface area contributed by atoms with E-state index in [2.05, 4.69) is 18.0 Å². The first-order chi connectivity index (χ1) is 11.7. The maximum absolute atomic E-state index is 12.8. The molecule has 1 unspecified atom stereocenters. The Kier molecular flexibility index (Phi) is 4.06. The summed E-state index contributed by atoms with van der Waals surface area (Å²) in [5, 5.41) is 2.02. The van der Waals surface area contributed by atoms with E-state index < -0.39 is 0 Å². The summed E-state index contributed by atoms with van der Waals surface area (Å²) in [6.07, 6.45) is 7.34. The van der Waals surface area contributed by atoms with Gasteiger partial charge in [-0.05, 0) is 43.7 Å². The first-order valence-corrected chi connectivity index (χ1v) is 9.23. The molecule has 4 rings (SSSR count). The molecule has 6 heteroatoms. The molecule has 1 aliphatic rings. The second-order valence-electron chi connectivity index (χ2n) is 6.27. The molecule has 0 spiro atoms. The zero-order chi connectivity index (χ0) is 16.5. The van der Waals surface area contributed by atoms with Crippen LogP contribution >= 0.6 is 11.3 Å². The van der Waals surface area contributed by atoms with Crippen LogP contribution in [0.25, 0.3) is 5.78 Å². The Morgan fingerprint density at radius 1 is 1.42 bits per heavy atom. The van der Waals surface area contributed by atoms with Gasteiger partial charge < -0.3 is 4.90 Å². The van der Waals surface area contributed by atoms with E-state index in [9.17, 15) is 4.79 Å². The number of hydrogen-bond acceptors (Lipinski definition) is 4. The third-order valence-electron chi connectivity index (χ3n) is 4.66. The monoisotopic (exact) mass is 340 g/mol. The van der Waals surface area contributed by atoms with Crippen molar-refractivity contribution in [3.8, 4) is 0 Å². The molecule has 1 saturated heterocycles. The van der Waals surface area contributed by atoms with Crippen molar-refractivity contribution in [2.75, 3.05) is 6.54 Å². The molecule has 0 saturated carbocycles. The quantitative estimate of drug-likeness (QED) is 0.734. The summed E-state index contributed by atoms with van der Waals surface area (Å²) >= 11 is 1.64. The Morgan fingerprint density at radius 3 is 3.17 bits per heavy atom. The summed E-state index contributed by atoms with van der Waals surface area (Å²) in [4.78, 5) is 25.0. The summed E-state index contributed by atoms with van der Waals surface area (Å²) in [6, 6.07) is 6.18. The van der Waals surface area contributed by atoms with Crippen LogP contribution in [0.4, 0.5) is 0 Å². The number of aromatic nitrogens is 3. The molecule has 0 aliphatic carbocycles. The summed E-state index contributed by atoms with van der Waals surface area (Å²) in [6.45, 7) is 2.87. The van der Waals surface area contributed by atoms with E-state index in [1.165, 1.54) is 0 Å². The molecule has 3 aromatic heterocycles. The number of piperidine rings is 1. The minimum atomic E-state index is 0.0617. The van der Waals surface area contributed by atoms with Crippen molar-refractivity contribution in [3.63, 3.8) is 0 Å². The van der Waals surface area contributed by atoms with Crippen LogP contribution in [-0.2, 0) is 11.2 Å². The predicted molar refractivity (Wildman–Crippen MR) is 94.1 cm³/mol. The molecular weight excluding hydrogens is 320 g/mol. The number of likely N-dealkylation sites (tertiary alicyclic amines) is 1. The van der Waals surface area contributed by atoms with E-state index in [-0.39, 0.29) is 11.9 Å². The van der Waals surface area contributed by atoms with Gasteiger partial charge in [0, 0.05) is 29.5 Å². The number of thiophene rings is 1. The highest BCUT2D eigenvalue weighted by Gasteiger charge is 2.29. The highest BCUT2D eigenvalue weighted by Crippen LogP contribution is 2.31. The standard InChI is InChI=1S/C18H20N4OS/c1-13-11-15(20-18-19-7-9-21(13)18)16-6-2-3-8-22(16)17(23)12-14-5-4-10-24-14/h4-5,7,9-11,16H,2-3,6,8,12H2,1H3. The number of amides is 1. The first-order valence-electron chi connectivity index (χ1n) is 8.35. The smallest absolute Gasteiger partial charge is 0.234 e. The minimum absolute atomic E-state index is 0.0617. The Morgan fingerprint density at radius 2 is 2.33 bits per heavy atom. The lowest BCUT2D eigenvalue weighted by molar-refractivity contribution is -0.134. The molecule has 5 nitrogen and oxygen atoms in total. The first kappa shape index (κ1) is 15.3. The van der Waals surface area contributed by atoms with Gasteiger partial charge in [0.15, 0.2) is 0 Å². The van der Waals surface area contributed by atoms with Crippen LogP contribution in [0.3, 0.4) is 0 Å². The molecule has 24 heavy (non-hydrogen) atoms. The van der Waals surface area contributed by atoms with Gasteiger partial charge in [0.25, 0.3) is 0 Å². The van der Waals surface area contributed by atoms with Gasteiger partial charge in [-0.1, -0.05) is 6.07 Å². The third-order valence-corrected chi connectivity index (χ3v) is 5.53. The van der Waals surface area contributed by atoms with Gasteiger partial charge in [0.05, 0.1) is 18.2 Å². The molecule has 1 atom stereocenters. The highest BCUT2D eigenvalue weighted by molar-refractivity contribution is 7.10. The molecule has 1 fully saturated rings. The van der Waals surface area contributed by atoms with E-state index in [0.717, 1.165) is 42.1 Å². The van der Waals surface area contributed by atoms with Crippen LogP contribution in [0.1, 0.15) is 41.6 Å². The van der Waals surface area contributed by atoms with Crippen molar-refractivity contribution >= 4 is 23.0 Å². The molecule has 124 valence electrons. The fraction of sp³-hybridized carbons (Fsp3) is 0.389. The van der Waals surface area contributed by atoms with Crippen LogP contribution in [-0.4, -0.2) is 31.7 Å². The van der Waals surface area contributed by atoms with Gasteiger partial charge in [-0.25, -0.2) is 9.97 Å². The van der Waals surface area contributed by atoms with Crippen molar-refractivity contribution in [2.24, 2.45) is 0 Å². The van der Waals surface area contributed by atoms with Crippen LogP contribution in [0, 0.1) is 6.92 Å². The molecule has 4 heterocycles. The molecule has 0 aromatic carbocycles. The van der Waals surface area contributed by atoms with Crippen molar-refractivity contribution in [2.45, 2.75) is 38.6 Å². The second kappa shape index (κ2) is 6.36. The number of carbonyl (C=O) groups excluding carboxylic acids is 1. The number of rotatable bonds is 3. The summed E-state index contributed by atoms with van der Waals surface area (Å²) in [7, 11) is 0. The molecule has 0 radical (unpaired) electrons. The SMILES string of the molecule is Cc1cc(C2CCCCN2C(=O)Cc2cccs2)nc2nccn12. The normalized spacial score (nSPS) is 18.2. The topological polar surface area (TPSA) is 50.5 Å². The second-order valence-corrected chi connectivity index (χ2v) is 7.31. The van der Waals surface area contributed by atoms with Gasteiger partial charge in [-0.2, -0.15) is 0 Å². The number of hydrogen-bond donors (Lipinski definition) is 0. The summed E-state index contributed by atoms with van der Waals surface area (Å²) in [5.41, 5.74) is 2.06. The van der Waals surface area contributed by atoms with Crippen LogP contribution in [0.5, 0.6) is 0 Å². The van der Waals surface area contributed by atoms with E-state index in [1.54, 1.807) is 17.5 Å². The van der Waals surface area contributed by atoms with Crippen LogP contribution in [0.15, 0.2) is 36.0 Å². The zero-order valence-electron chi connectivity index (χ0n) is 13.7. The van der Waals surface area contributed by atoms with Gasteiger partial charge in [0.1, 0.15) is 0 Å². The van der Waals surface area contributed by atoms with Crippen LogP contribution < -0.4 is 0 Å². The lowest BCUT2D eigenvalue weighted by atomic mass is 9.98. The lowest BCUT2D eigenvalue weighted by Crippen LogP contribution is -2.39. The molecule has 3 aromatic rings. The lowest BCUT2D eigenvalue weighted by Gasteiger charge is -2.35. The van der Waals surface area contributed by atoms with Crippen LogP contribution in [0.2, 0.25) is 0 Å². The van der Waals surface area contributed by atoms with Gasteiger partial charge in [-0.3, -0.25) is 9.20 Å². The van der Waals surface area contributed by atoms with E-state index in [1.807, 2.05) is 33.0 Å². The highest BCUT2D eigenvalue weighted by atomic mass is 32.1. The van der Waals surface area contributed by atoms with Crippen molar-refractivity contribution < 1.29 is 4.79 Å². The maximum atomic E-state index is 12.8. The van der Waals surface area contributed by atoms with E-state index >= 15 is 0 Å². The predicted octanol–water partition coefficient (Wildman–Crippen LogP) is 3.40. The molecule has 1 aliphatic heterocycles. The molecule has 0 N–H and O–H groups in total. The fourth-order valence-electron chi connectivity index (χ4n) is 3.46. The average molecular weight is 340 g/mol. The summed E-state index contributed by atoms with van der Waals surface area (Å²) in [5.74, 6) is 0.908. The van der Waals surface area contributed by atoms with E-state index in [0.29, 0.717) is 12.2 Å². The summed E-state index contributed by atoms with van der Waals surface area (Å²) < 4.78 is 1.98. The van der Waals surface area contributed by atoms with Crippen molar-refractivity contribution in [3.05, 3.63) is 52.2 Å². The number of fused-ring (bicyclic) bond motifs is 1. The molecular formula is C18H20N4OS. The molecule has 0 bridgehead atoms. The Labute approximate surface area is 145 Å². The average Bonchev–Trinajstić information content (AvgIpc) is 3.26. The van der Waals surface area contributed by atoms with Gasteiger partial charge in [0.2, 0.25) is 11.7 Å². The third kappa shape index (κ3) is 2.82. The molecule has 1 amide bonds. The fourth-order valence-corrected chi connectivity index (χ4v) is 4.15. The Hall–Kier alpha value is -2.21. The maximum Gasteiger partial charge on any atom is 0.234 e. The number of imidazole rings is 1. The van der Waals surface area contributed by atoms with Crippen molar-refractivity contribution in [1.82, 2.24) is 19.3 Å².